The molecular formula is C30H28ClN3O4S. The SMILES string of the molecule is Cc1ccc(N(CC(=O)N/N=C\c2ccc(OCc3ccccc3Cl)cc2)S(=O)(=O)c2ccccc2)cc1C. The number of hydrazone groups is 1. The largest absolute Gasteiger partial charge is 0.489 e. The van der Waals surface area contributed by atoms with E-state index in [1.165, 1.54) is 18.3 Å². The van der Waals surface area contributed by atoms with Crippen LogP contribution in [0.15, 0.2) is 107 Å². The smallest absolute Gasteiger partial charge is 0.264 e. The number of nitrogens with zero attached hydrogens (tertiary/aromatic N) is 2. The van der Waals surface area contributed by atoms with Gasteiger partial charge in [0, 0.05) is 10.6 Å². The third kappa shape index (κ3) is 7.25. The summed E-state index contributed by atoms with van der Waals surface area (Å²) in [6, 6.07) is 27.9. The van der Waals surface area contributed by atoms with Gasteiger partial charge >= 0.3 is 0 Å². The third-order valence-electron chi connectivity index (χ3n) is 6.03. The molecule has 4 rings (SSSR count). The minimum Gasteiger partial charge on any atom is -0.489 e. The van der Waals surface area contributed by atoms with E-state index in [1.54, 1.807) is 54.6 Å². The molecule has 0 bridgehead atoms. The highest BCUT2D eigenvalue weighted by molar-refractivity contribution is 7.92. The second-order valence-corrected chi connectivity index (χ2v) is 11.1. The molecule has 0 atom stereocenters. The Bertz CT molecular complexity index is 1570. The van der Waals surface area contributed by atoms with Crippen molar-refractivity contribution in [3.05, 3.63) is 124 Å². The number of carbonyl (C=O) groups excluding carboxylic acids is 1. The van der Waals surface area contributed by atoms with E-state index in [-0.39, 0.29) is 4.90 Å². The lowest BCUT2D eigenvalue weighted by Gasteiger charge is -2.24. The Morgan fingerprint density at radius 3 is 2.31 bits per heavy atom. The van der Waals surface area contributed by atoms with E-state index in [0.717, 1.165) is 26.6 Å². The Hall–Kier alpha value is -4.14. The van der Waals surface area contributed by atoms with E-state index in [2.05, 4.69) is 10.5 Å². The summed E-state index contributed by atoms with van der Waals surface area (Å²) in [6.07, 6.45) is 1.47. The summed E-state index contributed by atoms with van der Waals surface area (Å²) in [5.74, 6) is 0.0786. The summed E-state index contributed by atoms with van der Waals surface area (Å²) in [6.45, 7) is 3.73. The first-order valence-corrected chi connectivity index (χ1v) is 14.0. The summed E-state index contributed by atoms with van der Waals surface area (Å²) in [5.41, 5.74) is 6.37. The van der Waals surface area contributed by atoms with Gasteiger partial charge in [0.05, 0.1) is 16.8 Å². The molecule has 1 N–H and O–H groups in total. The predicted octanol–water partition coefficient (Wildman–Crippen LogP) is 5.88. The van der Waals surface area contributed by atoms with Crippen molar-refractivity contribution in [2.45, 2.75) is 25.3 Å². The molecule has 0 spiro atoms. The average molecular weight is 562 g/mol. The highest BCUT2D eigenvalue weighted by Gasteiger charge is 2.27. The fourth-order valence-corrected chi connectivity index (χ4v) is 5.31. The van der Waals surface area contributed by atoms with Crippen molar-refractivity contribution in [3.8, 4) is 5.75 Å². The highest BCUT2D eigenvalue weighted by atomic mass is 35.5. The molecule has 0 aliphatic carbocycles. The van der Waals surface area contributed by atoms with Crippen LogP contribution in [-0.2, 0) is 21.4 Å². The number of anilines is 1. The van der Waals surface area contributed by atoms with Crippen LogP contribution in [0.3, 0.4) is 0 Å². The molecule has 0 aliphatic heterocycles. The number of hydrogen-bond donors (Lipinski definition) is 1. The Morgan fingerprint density at radius 1 is 0.923 bits per heavy atom. The van der Waals surface area contributed by atoms with Gasteiger partial charge in [-0.1, -0.05) is 54.1 Å². The summed E-state index contributed by atoms with van der Waals surface area (Å²) in [4.78, 5) is 12.9. The summed E-state index contributed by atoms with van der Waals surface area (Å²) >= 11 is 6.17. The molecular weight excluding hydrogens is 534 g/mol. The number of ether oxygens (including phenoxy) is 1. The van der Waals surface area contributed by atoms with Crippen LogP contribution in [0.2, 0.25) is 5.02 Å². The Labute approximate surface area is 233 Å². The lowest BCUT2D eigenvalue weighted by molar-refractivity contribution is -0.119. The van der Waals surface area contributed by atoms with E-state index >= 15 is 0 Å². The zero-order valence-electron chi connectivity index (χ0n) is 21.5. The fourth-order valence-electron chi connectivity index (χ4n) is 3.69. The molecule has 0 fully saturated rings. The van der Waals surface area contributed by atoms with Crippen molar-refractivity contribution in [1.29, 1.82) is 0 Å². The molecule has 0 saturated heterocycles. The maximum Gasteiger partial charge on any atom is 0.264 e. The van der Waals surface area contributed by atoms with E-state index in [0.29, 0.717) is 23.1 Å². The van der Waals surface area contributed by atoms with Crippen molar-refractivity contribution in [2.75, 3.05) is 10.8 Å². The lowest BCUT2D eigenvalue weighted by Crippen LogP contribution is -2.39. The number of benzene rings is 4. The maximum atomic E-state index is 13.4. The van der Waals surface area contributed by atoms with E-state index in [9.17, 15) is 13.2 Å². The van der Waals surface area contributed by atoms with E-state index in [1.807, 2.05) is 44.2 Å². The number of halogens is 1. The molecule has 0 heterocycles. The number of rotatable bonds is 10. The first-order chi connectivity index (χ1) is 18.7. The zero-order chi connectivity index (χ0) is 27.8. The number of hydrogen-bond acceptors (Lipinski definition) is 5. The molecule has 0 aliphatic rings. The van der Waals surface area contributed by atoms with Crippen LogP contribution in [0.1, 0.15) is 22.3 Å². The first kappa shape index (κ1) is 27.9. The van der Waals surface area contributed by atoms with Gasteiger partial charge in [-0.05, 0) is 85.1 Å². The van der Waals surface area contributed by atoms with Crippen LogP contribution < -0.4 is 14.5 Å². The Morgan fingerprint density at radius 2 is 1.62 bits per heavy atom. The van der Waals surface area contributed by atoms with Gasteiger partial charge in [-0.2, -0.15) is 5.10 Å². The molecule has 0 unspecified atom stereocenters. The van der Waals surface area contributed by atoms with Crippen LogP contribution in [0.4, 0.5) is 5.69 Å². The predicted molar refractivity (Wildman–Crippen MR) is 155 cm³/mol. The molecule has 0 radical (unpaired) electrons. The van der Waals surface area contributed by atoms with Crippen molar-refractivity contribution in [1.82, 2.24) is 5.43 Å². The molecule has 4 aromatic rings. The van der Waals surface area contributed by atoms with Crippen LogP contribution in [0, 0.1) is 13.8 Å². The molecule has 9 heteroatoms. The molecule has 4 aromatic carbocycles. The number of sulfonamides is 1. The van der Waals surface area contributed by atoms with Crippen molar-refractivity contribution < 1.29 is 17.9 Å². The van der Waals surface area contributed by atoms with Gasteiger partial charge in [0.15, 0.2) is 0 Å². The van der Waals surface area contributed by atoms with Crippen LogP contribution in [-0.4, -0.2) is 27.1 Å². The molecule has 0 saturated carbocycles. The highest BCUT2D eigenvalue weighted by Crippen LogP contribution is 2.25. The van der Waals surface area contributed by atoms with E-state index in [4.69, 9.17) is 16.3 Å². The zero-order valence-corrected chi connectivity index (χ0v) is 23.1. The van der Waals surface area contributed by atoms with Gasteiger partial charge in [0.25, 0.3) is 15.9 Å². The van der Waals surface area contributed by atoms with Gasteiger partial charge in [-0.15, -0.1) is 0 Å². The molecule has 7 nitrogen and oxygen atoms in total. The van der Waals surface area contributed by atoms with Crippen LogP contribution in [0.5, 0.6) is 5.75 Å². The number of carbonyl (C=O) groups is 1. The first-order valence-electron chi connectivity index (χ1n) is 12.2. The van der Waals surface area contributed by atoms with Gasteiger partial charge in [0.1, 0.15) is 18.9 Å². The topological polar surface area (TPSA) is 88.1 Å². The summed E-state index contributed by atoms with van der Waals surface area (Å²) in [7, 11) is -3.99. The van der Waals surface area contributed by atoms with Crippen LogP contribution >= 0.6 is 11.6 Å². The number of nitrogens with one attached hydrogen (secondary N) is 1. The summed E-state index contributed by atoms with van der Waals surface area (Å²) in [5, 5.41) is 4.65. The quantitative estimate of drug-likeness (QED) is 0.193. The normalized spacial score (nSPS) is 11.4. The number of aryl methyl sites for hydroxylation is 2. The van der Waals surface area contributed by atoms with Gasteiger partial charge < -0.3 is 4.74 Å². The van der Waals surface area contributed by atoms with Crippen molar-refractivity contribution >= 4 is 39.4 Å². The Kier molecular flexibility index (Phi) is 9.01. The molecule has 200 valence electrons. The Balaban J connectivity index is 1.42. The van der Waals surface area contributed by atoms with Crippen molar-refractivity contribution in [3.63, 3.8) is 0 Å². The molecule has 1 amide bonds. The fraction of sp³-hybridized carbons (Fsp3) is 0.133. The minimum absolute atomic E-state index is 0.0939. The minimum atomic E-state index is -3.99. The van der Waals surface area contributed by atoms with Gasteiger partial charge in [-0.3, -0.25) is 9.10 Å². The monoisotopic (exact) mass is 561 g/mol. The van der Waals surface area contributed by atoms with Crippen molar-refractivity contribution in [2.24, 2.45) is 5.10 Å². The standard InChI is InChI=1S/C30H28ClN3O4S/c1-22-12-15-26(18-23(22)2)34(39(36,37)28-9-4-3-5-10-28)20-30(35)33-32-19-24-13-16-27(17-14-24)38-21-25-8-6-7-11-29(25)31/h3-19H,20-21H2,1-2H3,(H,33,35)/b32-19-. The third-order valence-corrected chi connectivity index (χ3v) is 8.19. The lowest BCUT2D eigenvalue weighted by atomic mass is 10.1. The van der Waals surface area contributed by atoms with Gasteiger partial charge in [0.2, 0.25) is 0 Å². The average Bonchev–Trinajstić information content (AvgIpc) is 2.94. The molecule has 39 heavy (non-hydrogen) atoms. The number of amides is 1. The summed E-state index contributed by atoms with van der Waals surface area (Å²) < 4.78 is 33.8. The molecule has 0 aromatic heterocycles. The van der Waals surface area contributed by atoms with Gasteiger partial charge in [-0.25, -0.2) is 13.8 Å². The second-order valence-electron chi connectivity index (χ2n) is 8.84. The van der Waals surface area contributed by atoms with Crippen LogP contribution in [0.25, 0.3) is 0 Å². The second kappa shape index (κ2) is 12.6. The van der Waals surface area contributed by atoms with E-state index < -0.39 is 22.5 Å². The maximum absolute atomic E-state index is 13.4.